The molecule has 1 aromatic heterocycles. The molecule has 0 saturated heterocycles. The van der Waals surface area contributed by atoms with E-state index in [2.05, 4.69) is 0 Å². The van der Waals surface area contributed by atoms with Crippen LogP contribution in [0.25, 0.3) is 16.5 Å². The molecule has 0 radical (unpaired) electrons. The van der Waals surface area contributed by atoms with Gasteiger partial charge >= 0.3 is 12.1 Å². The molecule has 0 N–H and O–H groups in total. The zero-order valence-corrected chi connectivity index (χ0v) is 13.4. The second-order valence-electron chi connectivity index (χ2n) is 4.67. The number of carbonyl (C=O) groups is 1. The van der Waals surface area contributed by atoms with E-state index in [9.17, 15) is 18.0 Å². The van der Waals surface area contributed by atoms with Crippen LogP contribution < -0.4 is 0 Å². The van der Waals surface area contributed by atoms with Crippen LogP contribution in [0, 0.1) is 11.3 Å². The Kier molecular flexibility index (Phi) is 5.42. The minimum Gasteiger partial charge on any atom is -0.462 e. The van der Waals surface area contributed by atoms with Gasteiger partial charge in [0, 0.05) is 9.75 Å². The van der Waals surface area contributed by atoms with Crippen LogP contribution in [0.5, 0.6) is 0 Å². The lowest BCUT2D eigenvalue weighted by molar-refractivity contribution is -0.138. The molecule has 0 atom stereocenters. The maximum atomic E-state index is 12.8. The molecule has 0 spiro atoms. The van der Waals surface area contributed by atoms with Crippen LogP contribution in [0.15, 0.2) is 42.0 Å². The van der Waals surface area contributed by atoms with Crippen LogP contribution in [0.4, 0.5) is 13.2 Å². The highest BCUT2D eigenvalue weighted by Gasteiger charge is 2.30. The zero-order valence-electron chi connectivity index (χ0n) is 12.6. The summed E-state index contributed by atoms with van der Waals surface area (Å²) < 4.78 is 43.1. The molecule has 3 nitrogen and oxygen atoms in total. The van der Waals surface area contributed by atoms with E-state index in [1.54, 1.807) is 31.2 Å². The smallest absolute Gasteiger partial charge is 0.416 e. The Morgan fingerprint density at radius 3 is 2.71 bits per heavy atom. The molecule has 7 heteroatoms. The third-order valence-corrected chi connectivity index (χ3v) is 4.08. The maximum absolute atomic E-state index is 12.8. The van der Waals surface area contributed by atoms with Crippen molar-refractivity contribution in [3.05, 3.63) is 52.4 Å². The summed E-state index contributed by atoms with van der Waals surface area (Å²) >= 11 is 1.18. The number of nitriles is 1. The summed E-state index contributed by atoms with van der Waals surface area (Å²) in [5.41, 5.74) is -0.465. The molecular formula is C17H12F3NO2S. The van der Waals surface area contributed by atoms with Gasteiger partial charge in [-0.15, -0.1) is 11.3 Å². The van der Waals surface area contributed by atoms with Crippen LogP contribution in [0.3, 0.4) is 0 Å². The van der Waals surface area contributed by atoms with Crippen LogP contribution >= 0.6 is 11.3 Å². The van der Waals surface area contributed by atoms with Gasteiger partial charge in [-0.3, -0.25) is 0 Å². The predicted molar refractivity (Wildman–Crippen MR) is 85.0 cm³/mol. The molecule has 24 heavy (non-hydrogen) atoms. The molecule has 1 heterocycles. The second kappa shape index (κ2) is 7.32. The fourth-order valence-corrected chi connectivity index (χ4v) is 2.87. The first-order chi connectivity index (χ1) is 11.3. The van der Waals surface area contributed by atoms with E-state index in [1.807, 2.05) is 0 Å². The number of nitrogens with zero attached hydrogens (tertiary/aromatic N) is 1. The van der Waals surface area contributed by atoms with Gasteiger partial charge in [0.15, 0.2) is 0 Å². The van der Waals surface area contributed by atoms with E-state index in [1.165, 1.54) is 23.5 Å². The minimum atomic E-state index is -4.41. The monoisotopic (exact) mass is 351 g/mol. The van der Waals surface area contributed by atoms with Gasteiger partial charge in [-0.2, -0.15) is 18.4 Å². The van der Waals surface area contributed by atoms with Gasteiger partial charge in [-0.25, -0.2) is 4.79 Å². The Morgan fingerprint density at radius 2 is 2.08 bits per heavy atom. The Balaban J connectivity index is 2.31. The highest BCUT2D eigenvalue weighted by Crippen LogP contribution is 2.34. The number of esters is 1. The van der Waals surface area contributed by atoms with Crippen molar-refractivity contribution < 1.29 is 22.7 Å². The fourth-order valence-electron chi connectivity index (χ4n) is 1.92. The van der Waals surface area contributed by atoms with Crippen molar-refractivity contribution in [2.45, 2.75) is 13.1 Å². The number of thiophene rings is 1. The summed E-state index contributed by atoms with van der Waals surface area (Å²) in [6.45, 7) is 1.78. The lowest BCUT2D eigenvalue weighted by atomic mass is 10.1. The molecule has 2 aromatic rings. The molecule has 1 aromatic carbocycles. The van der Waals surface area contributed by atoms with Crippen molar-refractivity contribution >= 4 is 23.4 Å². The molecule has 0 fully saturated rings. The summed E-state index contributed by atoms with van der Waals surface area (Å²) in [7, 11) is 0. The maximum Gasteiger partial charge on any atom is 0.416 e. The average molecular weight is 351 g/mol. The van der Waals surface area contributed by atoms with E-state index in [0.717, 1.165) is 12.1 Å². The Morgan fingerprint density at radius 1 is 1.33 bits per heavy atom. The van der Waals surface area contributed by atoms with Crippen LogP contribution in [-0.2, 0) is 15.7 Å². The van der Waals surface area contributed by atoms with Crippen molar-refractivity contribution in [1.29, 1.82) is 5.26 Å². The van der Waals surface area contributed by atoms with Gasteiger partial charge in [-0.05, 0) is 42.8 Å². The summed E-state index contributed by atoms with van der Waals surface area (Å²) in [6.07, 6.45) is -3.05. The SMILES string of the molecule is CCOC(=O)C(C#N)=Cc1ccc(-c2cccc(C(F)(F)F)c2)s1. The average Bonchev–Trinajstić information content (AvgIpc) is 3.00. The number of alkyl halides is 3. The molecule has 0 aliphatic carbocycles. The largest absolute Gasteiger partial charge is 0.462 e. The van der Waals surface area contributed by atoms with E-state index < -0.39 is 17.7 Å². The van der Waals surface area contributed by atoms with Gasteiger partial charge in [0.1, 0.15) is 11.6 Å². The van der Waals surface area contributed by atoms with Crippen molar-refractivity contribution in [3.8, 4) is 16.5 Å². The highest BCUT2D eigenvalue weighted by molar-refractivity contribution is 7.16. The minimum absolute atomic E-state index is 0.151. The molecule has 0 aliphatic heterocycles. The van der Waals surface area contributed by atoms with Gasteiger partial charge < -0.3 is 4.74 Å². The topological polar surface area (TPSA) is 50.1 Å². The summed E-state index contributed by atoms with van der Waals surface area (Å²) in [4.78, 5) is 12.8. The standard InChI is InChI=1S/C17H12F3NO2S/c1-2-23-16(22)12(10-21)9-14-6-7-15(24-14)11-4-3-5-13(8-11)17(18,19)20/h3-9H,2H2,1H3. The van der Waals surface area contributed by atoms with Crippen LogP contribution in [-0.4, -0.2) is 12.6 Å². The van der Waals surface area contributed by atoms with E-state index >= 15 is 0 Å². The first-order valence-corrected chi connectivity index (χ1v) is 7.73. The van der Waals surface area contributed by atoms with Crippen molar-refractivity contribution in [2.75, 3.05) is 6.61 Å². The summed E-state index contributed by atoms with van der Waals surface area (Å²) in [6, 6.07) is 10.0. The molecular weight excluding hydrogens is 339 g/mol. The first kappa shape index (κ1) is 17.8. The Bertz CT molecular complexity index is 816. The number of hydrogen-bond donors (Lipinski definition) is 0. The lowest BCUT2D eigenvalue weighted by Crippen LogP contribution is -2.05. The number of carbonyl (C=O) groups excluding carboxylic acids is 1. The number of hydrogen-bond acceptors (Lipinski definition) is 4. The molecule has 2 rings (SSSR count). The zero-order chi connectivity index (χ0) is 17.7. The molecule has 0 aliphatic rings. The highest BCUT2D eigenvalue weighted by atomic mass is 32.1. The summed E-state index contributed by atoms with van der Waals surface area (Å²) in [5.74, 6) is -0.728. The number of halogens is 3. The Labute approximate surface area is 140 Å². The predicted octanol–water partition coefficient (Wildman–Crippen LogP) is 4.90. The molecule has 0 amide bonds. The third kappa shape index (κ3) is 4.24. The molecule has 0 saturated carbocycles. The number of benzene rings is 1. The van der Waals surface area contributed by atoms with Crippen molar-refractivity contribution in [2.24, 2.45) is 0 Å². The van der Waals surface area contributed by atoms with E-state index in [-0.39, 0.29) is 12.2 Å². The van der Waals surface area contributed by atoms with Crippen molar-refractivity contribution in [3.63, 3.8) is 0 Å². The summed E-state index contributed by atoms with van der Waals surface area (Å²) in [5, 5.41) is 8.99. The quantitative estimate of drug-likeness (QED) is 0.447. The molecule has 0 unspecified atom stereocenters. The number of rotatable bonds is 4. The Hall–Kier alpha value is -2.59. The van der Waals surface area contributed by atoms with E-state index in [4.69, 9.17) is 10.00 Å². The van der Waals surface area contributed by atoms with Gasteiger partial charge in [0.2, 0.25) is 0 Å². The van der Waals surface area contributed by atoms with E-state index in [0.29, 0.717) is 15.3 Å². The van der Waals surface area contributed by atoms with Gasteiger partial charge in [-0.1, -0.05) is 12.1 Å². The van der Waals surface area contributed by atoms with Gasteiger partial charge in [0.25, 0.3) is 0 Å². The molecule has 124 valence electrons. The van der Waals surface area contributed by atoms with Gasteiger partial charge in [0.05, 0.1) is 12.2 Å². The number of ether oxygens (including phenoxy) is 1. The third-order valence-electron chi connectivity index (χ3n) is 3.00. The first-order valence-electron chi connectivity index (χ1n) is 6.91. The lowest BCUT2D eigenvalue weighted by Gasteiger charge is -2.07. The van der Waals surface area contributed by atoms with Crippen molar-refractivity contribution in [1.82, 2.24) is 0 Å². The molecule has 0 bridgehead atoms. The fraction of sp³-hybridized carbons (Fsp3) is 0.176. The van der Waals surface area contributed by atoms with Crippen LogP contribution in [0.1, 0.15) is 17.4 Å². The normalized spacial score (nSPS) is 11.9. The van der Waals surface area contributed by atoms with Crippen LogP contribution in [0.2, 0.25) is 0 Å². The second-order valence-corrected chi connectivity index (χ2v) is 5.79.